The van der Waals surface area contributed by atoms with Crippen LogP contribution in [0.5, 0.6) is 0 Å². The van der Waals surface area contributed by atoms with Gasteiger partial charge in [-0.1, -0.05) is 19.9 Å². The van der Waals surface area contributed by atoms with Gasteiger partial charge in [0.1, 0.15) is 11.3 Å². The van der Waals surface area contributed by atoms with Crippen LogP contribution in [0.15, 0.2) is 33.5 Å². The zero-order valence-electron chi connectivity index (χ0n) is 15.5. The van der Waals surface area contributed by atoms with Crippen molar-refractivity contribution in [1.29, 1.82) is 0 Å². The van der Waals surface area contributed by atoms with Crippen LogP contribution < -0.4 is 16.7 Å². The predicted octanol–water partition coefficient (Wildman–Crippen LogP) is 3.20. The van der Waals surface area contributed by atoms with Gasteiger partial charge in [-0.15, -0.1) is 0 Å². The minimum atomic E-state index is -0.662. The van der Waals surface area contributed by atoms with Crippen LogP contribution in [-0.4, -0.2) is 11.8 Å². The normalized spacial score (nSPS) is 10.8. The van der Waals surface area contributed by atoms with E-state index in [2.05, 4.69) is 19.2 Å². The lowest BCUT2D eigenvalue weighted by molar-refractivity contribution is 0.0994. The number of rotatable bonds is 6. The van der Waals surface area contributed by atoms with E-state index in [9.17, 15) is 14.4 Å². The molecule has 2 amide bonds. The molecule has 0 spiro atoms. The number of carbonyl (C=O) groups excluding carboxylic acids is 2. The predicted molar refractivity (Wildman–Crippen MR) is 101 cm³/mol. The Hall–Kier alpha value is -2.89. The van der Waals surface area contributed by atoms with Gasteiger partial charge in [-0.05, 0) is 55.5 Å². The highest BCUT2D eigenvalue weighted by atomic mass is 16.4. The van der Waals surface area contributed by atoms with Gasteiger partial charge >= 0.3 is 5.63 Å². The highest BCUT2D eigenvalue weighted by Crippen LogP contribution is 2.20. The largest absolute Gasteiger partial charge is 0.427 e. The Morgan fingerprint density at radius 1 is 1.23 bits per heavy atom. The third-order valence-electron chi connectivity index (χ3n) is 4.24. The Morgan fingerprint density at radius 3 is 2.50 bits per heavy atom. The van der Waals surface area contributed by atoms with E-state index in [0.717, 1.165) is 6.42 Å². The van der Waals surface area contributed by atoms with Gasteiger partial charge in [0.05, 0.1) is 0 Å². The fourth-order valence-electron chi connectivity index (χ4n) is 2.72. The fraction of sp³-hybridized carbons (Fsp3) is 0.350. The van der Waals surface area contributed by atoms with Crippen molar-refractivity contribution in [2.45, 2.75) is 40.5 Å². The Labute approximate surface area is 152 Å². The summed E-state index contributed by atoms with van der Waals surface area (Å²) in [6, 6.07) is 6.57. The first-order chi connectivity index (χ1) is 12.2. The van der Waals surface area contributed by atoms with Crippen LogP contribution in [0.3, 0.4) is 0 Å². The average molecular weight is 356 g/mol. The summed E-state index contributed by atoms with van der Waals surface area (Å²) >= 11 is 0. The molecule has 0 fully saturated rings. The maximum absolute atomic E-state index is 12.6. The second-order valence-corrected chi connectivity index (χ2v) is 6.79. The van der Waals surface area contributed by atoms with Gasteiger partial charge in [0, 0.05) is 17.7 Å². The van der Waals surface area contributed by atoms with E-state index in [1.165, 1.54) is 0 Å². The molecule has 3 N–H and O–H groups in total. The van der Waals surface area contributed by atoms with Crippen molar-refractivity contribution in [3.05, 3.63) is 62.7 Å². The van der Waals surface area contributed by atoms with E-state index >= 15 is 0 Å². The monoisotopic (exact) mass is 356 g/mol. The second-order valence-electron chi connectivity index (χ2n) is 6.79. The van der Waals surface area contributed by atoms with Crippen molar-refractivity contribution >= 4 is 17.5 Å². The van der Waals surface area contributed by atoms with E-state index in [-0.39, 0.29) is 5.56 Å². The van der Waals surface area contributed by atoms with Gasteiger partial charge in [0.15, 0.2) is 0 Å². The first-order valence-corrected chi connectivity index (χ1v) is 8.55. The van der Waals surface area contributed by atoms with Gasteiger partial charge in [0.2, 0.25) is 5.91 Å². The standard InChI is InChI=1S/C20H24N2O4/c1-11(2)8-9-14-10-12(3)17(20(25)26-14)19(24)22-16-7-5-6-15(13(16)4)18(21)23/h5-7,10-11H,8-9H2,1-4H3,(H2,21,23)(H,22,24). The quantitative estimate of drug-likeness (QED) is 0.829. The lowest BCUT2D eigenvalue weighted by Crippen LogP contribution is -2.24. The minimum absolute atomic E-state index is 0.0397. The molecule has 6 heteroatoms. The van der Waals surface area contributed by atoms with Gasteiger partial charge in [-0.3, -0.25) is 9.59 Å². The molecule has 0 aliphatic carbocycles. The van der Waals surface area contributed by atoms with Crippen LogP contribution in [0.1, 0.15) is 57.9 Å². The van der Waals surface area contributed by atoms with E-state index in [1.54, 1.807) is 38.1 Å². The summed E-state index contributed by atoms with van der Waals surface area (Å²) in [6.45, 7) is 7.57. The van der Waals surface area contributed by atoms with Crippen LogP contribution in [0.2, 0.25) is 0 Å². The Balaban J connectivity index is 2.29. The molecule has 138 valence electrons. The molecule has 0 saturated heterocycles. The molecule has 0 aliphatic rings. The number of benzene rings is 1. The molecule has 0 saturated carbocycles. The highest BCUT2D eigenvalue weighted by Gasteiger charge is 2.19. The number of aryl methyl sites for hydroxylation is 2. The molecule has 1 aromatic carbocycles. The van der Waals surface area contributed by atoms with Gasteiger partial charge < -0.3 is 15.5 Å². The van der Waals surface area contributed by atoms with Crippen LogP contribution in [-0.2, 0) is 6.42 Å². The fourth-order valence-corrected chi connectivity index (χ4v) is 2.72. The maximum Gasteiger partial charge on any atom is 0.349 e. The summed E-state index contributed by atoms with van der Waals surface area (Å²) in [5, 5.41) is 2.67. The van der Waals surface area contributed by atoms with Crippen molar-refractivity contribution in [3.63, 3.8) is 0 Å². The number of primary amides is 1. The zero-order valence-corrected chi connectivity index (χ0v) is 15.5. The second kappa shape index (κ2) is 7.99. The third kappa shape index (κ3) is 4.39. The number of nitrogens with one attached hydrogen (secondary N) is 1. The Kier molecular flexibility index (Phi) is 5.97. The molecule has 0 bridgehead atoms. The molecule has 0 atom stereocenters. The molecule has 26 heavy (non-hydrogen) atoms. The molecule has 2 rings (SSSR count). The molecule has 1 heterocycles. The van der Waals surface area contributed by atoms with E-state index in [4.69, 9.17) is 10.2 Å². The molecular formula is C20H24N2O4. The summed E-state index contributed by atoms with van der Waals surface area (Å²) < 4.78 is 5.30. The topological polar surface area (TPSA) is 102 Å². The summed E-state index contributed by atoms with van der Waals surface area (Å²) in [5.41, 5.74) is 6.46. The van der Waals surface area contributed by atoms with Crippen LogP contribution >= 0.6 is 0 Å². The number of hydrogen-bond donors (Lipinski definition) is 2. The SMILES string of the molecule is Cc1cc(CCC(C)C)oc(=O)c1C(=O)Nc1cccc(C(N)=O)c1C. The van der Waals surface area contributed by atoms with E-state index < -0.39 is 17.4 Å². The number of anilines is 1. The molecule has 2 aromatic rings. The zero-order chi connectivity index (χ0) is 19.4. The van der Waals surface area contributed by atoms with Crippen LogP contribution in [0.4, 0.5) is 5.69 Å². The van der Waals surface area contributed by atoms with E-state index in [0.29, 0.717) is 40.5 Å². The van der Waals surface area contributed by atoms with Gasteiger partial charge in [-0.2, -0.15) is 0 Å². The molecule has 0 radical (unpaired) electrons. The lowest BCUT2D eigenvalue weighted by Gasteiger charge is -2.12. The molecule has 0 unspecified atom stereocenters. The van der Waals surface area contributed by atoms with Crippen molar-refractivity contribution in [1.82, 2.24) is 0 Å². The number of amides is 2. The number of carbonyl (C=O) groups is 2. The van der Waals surface area contributed by atoms with E-state index in [1.807, 2.05) is 0 Å². The van der Waals surface area contributed by atoms with Crippen molar-refractivity contribution in [2.75, 3.05) is 5.32 Å². The van der Waals surface area contributed by atoms with Gasteiger partial charge in [0.25, 0.3) is 5.91 Å². The highest BCUT2D eigenvalue weighted by molar-refractivity contribution is 6.06. The summed E-state index contributed by atoms with van der Waals surface area (Å²) in [5.74, 6) is -0.0890. The molecule has 0 aliphatic heterocycles. The molecule has 1 aromatic heterocycles. The summed E-state index contributed by atoms with van der Waals surface area (Å²) in [6.07, 6.45) is 1.54. The minimum Gasteiger partial charge on any atom is -0.427 e. The van der Waals surface area contributed by atoms with Crippen molar-refractivity contribution < 1.29 is 14.0 Å². The lowest BCUT2D eigenvalue weighted by atomic mass is 10.0. The number of nitrogens with two attached hydrogens (primary N) is 1. The van der Waals surface area contributed by atoms with Crippen molar-refractivity contribution in [3.8, 4) is 0 Å². The smallest absolute Gasteiger partial charge is 0.349 e. The Morgan fingerprint density at radius 2 is 1.92 bits per heavy atom. The number of hydrogen-bond acceptors (Lipinski definition) is 4. The Bertz CT molecular complexity index is 897. The third-order valence-corrected chi connectivity index (χ3v) is 4.24. The maximum atomic E-state index is 12.6. The average Bonchev–Trinajstić information content (AvgIpc) is 2.54. The first kappa shape index (κ1) is 19.4. The van der Waals surface area contributed by atoms with Gasteiger partial charge in [-0.25, -0.2) is 4.79 Å². The van der Waals surface area contributed by atoms with Crippen LogP contribution in [0, 0.1) is 19.8 Å². The summed E-state index contributed by atoms with van der Waals surface area (Å²) in [7, 11) is 0. The summed E-state index contributed by atoms with van der Waals surface area (Å²) in [4.78, 5) is 36.3. The van der Waals surface area contributed by atoms with Crippen LogP contribution in [0.25, 0.3) is 0 Å². The molecular weight excluding hydrogens is 332 g/mol. The molecule has 6 nitrogen and oxygen atoms in total. The first-order valence-electron chi connectivity index (χ1n) is 8.55. The van der Waals surface area contributed by atoms with Crippen molar-refractivity contribution in [2.24, 2.45) is 11.7 Å².